The molecule has 2 aromatic carbocycles. The second-order valence-electron chi connectivity index (χ2n) is 8.58. The van der Waals surface area contributed by atoms with Gasteiger partial charge >= 0.3 is 0 Å². The number of nitrogens with two attached hydrogens (primary N) is 1. The Kier molecular flexibility index (Phi) is 7.94. The number of sulfonamides is 1. The van der Waals surface area contributed by atoms with E-state index in [4.69, 9.17) is 9.88 Å². The molecule has 0 spiro atoms. The molecule has 1 atom stereocenters. The first kappa shape index (κ1) is 27.1. The molecule has 1 unspecified atom stereocenters. The smallest absolute Gasteiger partial charge is 0.254 e. The Morgan fingerprint density at radius 1 is 1.08 bits per heavy atom. The van der Waals surface area contributed by atoms with E-state index in [0.717, 1.165) is 28.7 Å². The van der Waals surface area contributed by atoms with Gasteiger partial charge in [-0.2, -0.15) is 0 Å². The van der Waals surface area contributed by atoms with E-state index < -0.39 is 36.8 Å². The van der Waals surface area contributed by atoms with Gasteiger partial charge in [-0.05, 0) is 35.4 Å². The lowest BCUT2D eigenvalue weighted by Crippen LogP contribution is -2.40. The number of rotatable bonds is 8. The average Bonchev–Trinajstić information content (AvgIpc) is 3.25. The van der Waals surface area contributed by atoms with Crippen molar-refractivity contribution in [1.82, 2.24) is 15.2 Å². The zero-order valence-corrected chi connectivity index (χ0v) is 22.4. The fourth-order valence-electron chi connectivity index (χ4n) is 3.89. The van der Waals surface area contributed by atoms with E-state index in [1.165, 1.54) is 0 Å². The van der Waals surface area contributed by atoms with E-state index in [9.17, 15) is 26.4 Å². The Balaban J connectivity index is 1.56. The Labute approximate surface area is 218 Å². The van der Waals surface area contributed by atoms with Crippen molar-refractivity contribution in [2.75, 3.05) is 44.9 Å². The lowest BCUT2D eigenvalue weighted by Gasteiger charge is -2.26. The van der Waals surface area contributed by atoms with Gasteiger partial charge in [-0.1, -0.05) is 18.2 Å². The maximum absolute atomic E-state index is 12.7. The van der Waals surface area contributed by atoms with Gasteiger partial charge in [-0.15, -0.1) is 11.3 Å². The quantitative estimate of drug-likeness (QED) is 0.406. The first-order valence-electron chi connectivity index (χ1n) is 11.3. The molecule has 1 saturated heterocycles. The monoisotopic (exact) mass is 566 g/mol. The van der Waals surface area contributed by atoms with Crippen molar-refractivity contribution in [3.63, 3.8) is 0 Å². The summed E-state index contributed by atoms with van der Waals surface area (Å²) in [6, 6.07) is 12.6. The second-order valence-corrected chi connectivity index (χ2v) is 13.5. The molecule has 11 nitrogen and oxygen atoms in total. The number of morpholine rings is 1. The van der Waals surface area contributed by atoms with Crippen molar-refractivity contribution in [3.8, 4) is 11.1 Å². The number of thiazole rings is 1. The maximum atomic E-state index is 12.7. The highest BCUT2D eigenvalue weighted by molar-refractivity contribution is 7.91. The summed E-state index contributed by atoms with van der Waals surface area (Å²) >= 11 is 1.07. The van der Waals surface area contributed by atoms with Crippen LogP contribution in [-0.2, 0) is 29.4 Å². The molecule has 0 aliphatic carbocycles. The Hall–Kier alpha value is -2.91. The van der Waals surface area contributed by atoms with Crippen molar-refractivity contribution < 1.29 is 31.2 Å². The van der Waals surface area contributed by atoms with Crippen molar-refractivity contribution in [3.05, 3.63) is 53.0 Å². The number of aromatic nitrogens is 1. The molecule has 37 heavy (non-hydrogen) atoms. The standard InChI is InChI=1S/C23H26N4O7S3/c1-36(30,31)20(21(28)25-8-13-37(24,32)33)22-26-18-14-17(6-7-19(18)35-22)15-2-4-16(5-3-15)23(29)27-9-11-34-12-10-27/h2-7,14,20H,8-13H2,1H3,(H,25,28)(H2,24,32,33). The summed E-state index contributed by atoms with van der Waals surface area (Å²) in [6.45, 7) is 1.85. The first-order chi connectivity index (χ1) is 17.4. The normalized spacial score (nSPS) is 15.5. The SMILES string of the molecule is CS(=O)(=O)C(C(=O)NCCS(N)(=O)=O)c1nc2cc(-c3ccc(C(=O)N4CCOCC4)cc3)ccc2s1. The molecule has 2 heterocycles. The predicted octanol–water partition coefficient (Wildman–Crippen LogP) is 0.926. The highest BCUT2D eigenvalue weighted by Crippen LogP contribution is 2.33. The molecule has 1 aliphatic heterocycles. The lowest BCUT2D eigenvalue weighted by atomic mass is 10.0. The van der Waals surface area contributed by atoms with Crippen LogP contribution < -0.4 is 10.5 Å². The van der Waals surface area contributed by atoms with Gasteiger partial charge in [-0.3, -0.25) is 9.59 Å². The molecule has 0 radical (unpaired) electrons. The van der Waals surface area contributed by atoms with Crippen LogP contribution in [0.15, 0.2) is 42.5 Å². The second kappa shape index (κ2) is 10.8. The summed E-state index contributed by atoms with van der Waals surface area (Å²) in [5.41, 5.74) is 2.74. The van der Waals surface area contributed by atoms with Crippen molar-refractivity contribution in [2.45, 2.75) is 5.25 Å². The minimum absolute atomic E-state index is 0.0522. The lowest BCUT2D eigenvalue weighted by molar-refractivity contribution is -0.120. The third-order valence-electron chi connectivity index (χ3n) is 5.74. The van der Waals surface area contributed by atoms with Crippen LogP contribution in [0.5, 0.6) is 0 Å². The Morgan fingerprint density at radius 2 is 1.73 bits per heavy atom. The fourth-order valence-corrected chi connectivity index (χ4v) is 6.77. The third-order valence-corrected chi connectivity index (χ3v) is 9.06. The van der Waals surface area contributed by atoms with E-state index >= 15 is 0 Å². The highest BCUT2D eigenvalue weighted by atomic mass is 32.2. The number of primary sulfonamides is 1. The molecule has 0 bridgehead atoms. The summed E-state index contributed by atoms with van der Waals surface area (Å²) < 4.78 is 53.1. The first-order valence-corrected chi connectivity index (χ1v) is 15.8. The average molecular weight is 567 g/mol. The number of benzene rings is 2. The number of hydrogen-bond acceptors (Lipinski definition) is 9. The molecule has 3 aromatic rings. The number of carbonyl (C=O) groups is 2. The molecule has 2 amide bonds. The van der Waals surface area contributed by atoms with E-state index in [-0.39, 0.29) is 17.5 Å². The van der Waals surface area contributed by atoms with Gasteiger partial charge in [0, 0.05) is 31.5 Å². The van der Waals surface area contributed by atoms with Crippen LogP contribution in [0, 0.1) is 0 Å². The van der Waals surface area contributed by atoms with Crippen LogP contribution in [-0.4, -0.2) is 83.4 Å². The van der Waals surface area contributed by atoms with Gasteiger partial charge in [-0.25, -0.2) is 27.0 Å². The van der Waals surface area contributed by atoms with Crippen LogP contribution in [0.4, 0.5) is 0 Å². The van der Waals surface area contributed by atoms with Crippen LogP contribution in [0.25, 0.3) is 21.3 Å². The number of hydrogen-bond donors (Lipinski definition) is 2. The van der Waals surface area contributed by atoms with Crippen LogP contribution in [0.3, 0.4) is 0 Å². The zero-order valence-electron chi connectivity index (χ0n) is 19.9. The molecule has 3 N–H and O–H groups in total. The number of fused-ring (bicyclic) bond motifs is 1. The molecular formula is C23H26N4O7S3. The Bertz CT molecular complexity index is 1530. The van der Waals surface area contributed by atoms with Crippen LogP contribution in [0.1, 0.15) is 20.6 Å². The predicted molar refractivity (Wildman–Crippen MR) is 140 cm³/mol. The van der Waals surface area contributed by atoms with E-state index in [0.29, 0.717) is 42.1 Å². The molecule has 4 rings (SSSR count). The number of nitrogens with zero attached hydrogens (tertiary/aromatic N) is 2. The minimum Gasteiger partial charge on any atom is -0.378 e. The van der Waals surface area contributed by atoms with Crippen molar-refractivity contribution in [2.24, 2.45) is 5.14 Å². The molecule has 1 fully saturated rings. The number of amides is 2. The van der Waals surface area contributed by atoms with Gasteiger partial charge in [0.25, 0.3) is 5.91 Å². The number of sulfone groups is 1. The van der Waals surface area contributed by atoms with E-state index in [1.54, 1.807) is 29.2 Å². The van der Waals surface area contributed by atoms with E-state index in [1.807, 2.05) is 18.2 Å². The number of ether oxygens (including phenoxy) is 1. The van der Waals surface area contributed by atoms with Crippen molar-refractivity contribution >= 4 is 53.2 Å². The topological polar surface area (TPSA) is 166 Å². The van der Waals surface area contributed by atoms with Gasteiger partial charge < -0.3 is 15.0 Å². The van der Waals surface area contributed by atoms with Gasteiger partial charge in [0.15, 0.2) is 15.1 Å². The van der Waals surface area contributed by atoms with Gasteiger partial charge in [0.1, 0.15) is 5.01 Å². The van der Waals surface area contributed by atoms with E-state index in [2.05, 4.69) is 10.3 Å². The molecule has 1 aromatic heterocycles. The molecular weight excluding hydrogens is 540 g/mol. The van der Waals surface area contributed by atoms with Crippen LogP contribution in [0.2, 0.25) is 0 Å². The summed E-state index contributed by atoms with van der Waals surface area (Å²) in [5, 5.41) is 5.74. The minimum atomic E-state index is -3.90. The summed E-state index contributed by atoms with van der Waals surface area (Å²) in [5.74, 6) is -1.44. The maximum Gasteiger partial charge on any atom is 0.254 e. The van der Waals surface area contributed by atoms with Crippen LogP contribution >= 0.6 is 11.3 Å². The van der Waals surface area contributed by atoms with Crippen molar-refractivity contribution in [1.29, 1.82) is 0 Å². The Morgan fingerprint density at radius 3 is 2.35 bits per heavy atom. The number of nitrogens with one attached hydrogen (secondary N) is 1. The molecule has 198 valence electrons. The summed E-state index contributed by atoms with van der Waals surface area (Å²) in [4.78, 5) is 31.5. The molecule has 0 saturated carbocycles. The summed E-state index contributed by atoms with van der Waals surface area (Å²) in [6.07, 6.45) is 0.925. The number of carbonyl (C=O) groups excluding carboxylic acids is 2. The zero-order chi connectivity index (χ0) is 26.8. The fraction of sp³-hybridized carbons (Fsp3) is 0.348. The van der Waals surface area contributed by atoms with Gasteiger partial charge in [0.05, 0.1) is 29.2 Å². The molecule has 14 heteroatoms. The summed E-state index contributed by atoms with van der Waals surface area (Å²) in [7, 11) is -7.72. The largest absolute Gasteiger partial charge is 0.378 e. The van der Waals surface area contributed by atoms with Gasteiger partial charge in [0.2, 0.25) is 15.9 Å². The highest BCUT2D eigenvalue weighted by Gasteiger charge is 2.34. The third kappa shape index (κ3) is 6.70. The molecule has 1 aliphatic rings.